The molecule has 1 aliphatic heterocycles. The van der Waals surface area contributed by atoms with Gasteiger partial charge in [-0.15, -0.1) is 0 Å². The lowest BCUT2D eigenvalue weighted by molar-refractivity contribution is -0.123. The van der Waals surface area contributed by atoms with E-state index < -0.39 is 11.8 Å². The zero-order chi connectivity index (χ0) is 25.2. The molecule has 0 unspecified atom stereocenters. The molecule has 1 aliphatic rings. The number of hydrogen-bond donors (Lipinski definition) is 4. The molecule has 2 heterocycles. The summed E-state index contributed by atoms with van der Waals surface area (Å²) in [6.07, 6.45) is 1.35. The number of nitrogens with zero attached hydrogens (tertiary/aromatic N) is 4. The van der Waals surface area contributed by atoms with Gasteiger partial charge >= 0.3 is 0 Å². The van der Waals surface area contributed by atoms with Gasteiger partial charge in [0.05, 0.1) is 37.2 Å². The molecule has 0 aliphatic carbocycles. The fraction of sp³-hybridized carbons (Fsp3) is 0.240. The van der Waals surface area contributed by atoms with Crippen molar-refractivity contribution in [3.8, 4) is 17.3 Å². The highest BCUT2D eigenvalue weighted by molar-refractivity contribution is 5.95. The quantitative estimate of drug-likeness (QED) is 0.335. The summed E-state index contributed by atoms with van der Waals surface area (Å²) in [6.45, 7) is 3.04. The Balaban J connectivity index is 1.34. The number of hydrogen-bond acceptors (Lipinski definition) is 9. The fourth-order valence-electron chi connectivity index (χ4n) is 3.56. The van der Waals surface area contributed by atoms with Crippen LogP contribution in [0.5, 0.6) is 0 Å². The van der Waals surface area contributed by atoms with E-state index in [1.165, 1.54) is 0 Å². The van der Waals surface area contributed by atoms with Crippen LogP contribution in [-0.2, 0) is 14.3 Å². The van der Waals surface area contributed by atoms with Gasteiger partial charge in [0.15, 0.2) is 0 Å². The van der Waals surface area contributed by atoms with Crippen molar-refractivity contribution in [2.45, 2.75) is 6.42 Å². The minimum absolute atomic E-state index is 0.217. The zero-order valence-electron chi connectivity index (χ0n) is 19.5. The van der Waals surface area contributed by atoms with Crippen LogP contribution in [0, 0.1) is 11.3 Å². The smallest absolute Gasteiger partial charge is 0.243 e. The van der Waals surface area contributed by atoms with Gasteiger partial charge in [0, 0.05) is 36.2 Å². The number of nitrogens with one attached hydrogen (secondary N) is 4. The Hall–Kier alpha value is -4.69. The summed E-state index contributed by atoms with van der Waals surface area (Å²) in [5, 5.41) is 13.6. The number of rotatable bonds is 9. The summed E-state index contributed by atoms with van der Waals surface area (Å²) in [5.41, 5.74) is 10.1. The number of carbonyl (C=O) groups excluding carboxylic acids is 2. The Labute approximate surface area is 208 Å². The molecule has 36 heavy (non-hydrogen) atoms. The van der Waals surface area contributed by atoms with Crippen LogP contribution in [-0.4, -0.2) is 54.6 Å². The first kappa shape index (κ1) is 24.4. The minimum atomic E-state index is -0.496. The van der Waals surface area contributed by atoms with Gasteiger partial charge in [0.1, 0.15) is 6.42 Å². The zero-order valence-corrected chi connectivity index (χ0v) is 19.5. The maximum atomic E-state index is 12.1. The predicted molar refractivity (Wildman–Crippen MR) is 136 cm³/mol. The van der Waals surface area contributed by atoms with Crippen molar-refractivity contribution in [3.63, 3.8) is 0 Å². The average molecular weight is 487 g/mol. The number of aromatic nitrogens is 2. The molecule has 3 aromatic rings. The second kappa shape index (κ2) is 12.1. The number of nitriles is 1. The maximum absolute atomic E-state index is 12.1. The number of anilines is 4. The number of carbonyl (C=O) groups is 2. The van der Waals surface area contributed by atoms with Gasteiger partial charge in [-0.05, 0) is 42.5 Å². The molecule has 0 spiro atoms. The summed E-state index contributed by atoms with van der Waals surface area (Å²) < 4.78 is 5.40. The molecule has 4 rings (SSSR count). The van der Waals surface area contributed by atoms with Crippen LogP contribution in [0.25, 0.3) is 11.3 Å². The Morgan fingerprint density at radius 1 is 1.00 bits per heavy atom. The maximum Gasteiger partial charge on any atom is 0.243 e. The highest BCUT2D eigenvalue weighted by atomic mass is 16.5. The molecule has 0 saturated carbocycles. The largest absolute Gasteiger partial charge is 0.378 e. The van der Waals surface area contributed by atoms with Gasteiger partial charge in [-0.2, -0.15) is 5.26 Å². The van der Waals surface area contributed by atoms with Crippen molar-refractivity contribution in [3.05, 3.63) is 60.8 Å². The number of benzene rings is 2. The van der Waals surface area contributed by atoms with Gasteiger partial charge < -0.3 is 20.3 Å². The normalized spacial score (nSPS) is 12.8. The molecule has 0 atom stereocenters. The third-order valence-corrected chi connectivity index (χ3v) is 5.35. The van der Waals surface area contributed by atoms with E-state index in [1.54, 1.807) is 36.5 Å². The number of ether oxygens (including phenoxy) is 1. The lowest BCUT2D eigenvalue weighted by Gasteiger charge is -2.28. The molecule has 184 valence electrons. The van der Waals surface area contributed by atoms with Crippen LogP contribution in [0.15, 0.2) is 60.8 Å². The van der Waals surface area contributed by atoms with E-state index in [9.17, 15) is 9.59 Å². The molecule has 2 aromatic carbocycles. The van der Waals surface area contributed by atoms with E-state index in [2.05, 4.69) is 48.5 Å². The molecule has 11 heteroatoms. The summed E-state index contributed by atoms with van der Waals surface area (Å²) >= 11 is 0. The summed E-state index contributed by atoms with van der Waals surface area (Å²) in [5.74, 6) is -0.504. The molecule has 2 amide bonds. The molecule has 0 bridgehead atoms. The molecular formula is C25H26N8O3. The second-order valence-corrected chi connectivity index (χ2v) is 7.90. The lowest BCUT2D eigenvalue weighted by Crippen LogP contribution is -2.36. The third-order valence-electron chi connectivity index (χ3n) is 5.35. The fourth-order valence-corrected chi connectivity index (χ4v) is 3.56. The number of morpholine rings is 1. The molecular weight excluding hydrogens is 460 g/mol. The van der Waals surface area contributed by atoms with E-state index in [4.69, 9.17) is 10.00 Å². The van der Waals surface area contributed by atoms with E-state index in [1.807, 2.05) is 18.2 Å². The highest BCUT2D eigenvalue weighted by Gasteiger charge is 2.11. The Morgan fingerprint density at radius 2 is 1.81 bits per heavy atom. The van der Waals surface area contributed by atoms with Gasteiger partial charge in [-0.25, -0.2) is 9.97 Å². The molecule has 4 N–H and O–H groups in total. The summed E-state index contributed by atoms with van der Waals surface area (Å²) in [7, 11) is 0. The SMILES string of the molecule is N#CCC(=O)NCC(=O)Nc1cccc(-c2ccnc(NNc3ccc(N4CCOCC4)cc3)n2)c1. The molecule has 1 aromatic heterocycles. The van der Waals surface area contributed by atoms with Crippen molar-refractivity contribution < 1.29 is 14.3 Å². The molecule has 0 radical (unpaired) electrons. The predicted octanol–water partition coefficient (Wildman–Crippen LogP) is 2.39. The Bertz CT molecular complexity index is 1240. The first-order chi connectivity index (χ1) is 17.6. The Kier molecular flexibility index (Phi) is 8.24. The standard InChI is InChI=1S/C25H26N8O3/c26-10-8-23(34)28-17-24(35)29-20-3-1-2-18(16-20)22-9-11-27-25(30-22)32-31-19-4-6-21(7-5-19)33-12-14-36-15-13-33/h1-7,9,11,16,31H,8,12-15,17H2,(H,28,34)(H,29,35)(H,27,30,32). The summed E-state index contributed by atoms with van der Waals surface area (Å²) in [6, 6.07) is 18.8. The topological polar surface area (TPSA) is 144 Å². The average Bonchev–Trinajstić information content (AvgIpc) is 2.92. The van der Waals surface area contributed by atoms with Crippen LogP contribution in [0.4, 0.5) is 23.0 Å². The van der Waals surface area contributed by atoms with Crippen LogP contribution >= 0.6 is 0 Å². The van der Waals surface area contributed by atoms with Gasteiger partial charge in [-0.3, -0.25) is 20.4 Å². The first-order valence-corrected chi connectivity index (χ1v) is 11.4. The Morgan fingerprint density at radius 3 is 2.58 bits per heavy atom. The van der Waals surface area contributed by atoms with E-state index in [-0.39, 0.29) is 13.0 Å². The van der Waals surface area contributed by atoms with Gasteiger partial charge in [0.2, 0.25) is 17.8 Å². The van der Waals surface area contributed by atoms with E-state index >= 15 is 0 Å². The van der Waals surface area contributed by atoms with Crippen molar-refractivity contribution in [1.82, 2.24) is 15.3 Å². The van der Waals surface area contributed by atoms with Crippen LogP contribution in [0.3, 0.4) is 0 Å². The first-order valence-electron chi connectivity index (χ1n) is 11.4. The highest BCUT2D eigenvalue weighted by Crippen LogP contribution is 2.22. The van der Waals surface area contributed by atoms with Crippen LogP contribution < -0.4 is 26.4 Å². The third kappa shape index (κ3) is 6.91. The van der Waals surface area contributed by atoms with E-state index in [0.29, 0.717) is 17.3 Å². The van der Waals surface area contributed by atoms with Crippen LogP contribution in [0.1, 0.15) is 6.42 Å². The minimum Gasteiger partial charge on any atom is -0.378 e. The van der Waals surface area contributed by atoms with Crippen molar-refractivity contribution in [1.29, 1.82) is 5.26 Å². The lowest BCUT2D eigenvalue weighted by atomic mass is 10.1. The van der Waals surface area contributed by atoms with Crippen molar-refractivity contribution in [2.24, 2.45) is 0 Å². The number of amides is 2. The van der Waals surface area contributed by atoms with Crippen molar-refractivity contribution in [2.75, 3.05) is 53.9 Å². The molecule has 11 nitrogen and oxygen atoms in total. The van der Waals surface area contributed by atoms with Crippen LogP contribution in [0.2, 0.25) is 0 Å². The van der Waals surface area contributed by atoms with Crippen molar-refractivity contribution >= 4 is 34.8 Å². The van der Waals surface area contributed by atoms with Gasteiger partial charge in [0.25, 0.3) is 0 Å². The molecule has 1 saturated heterocycles. The summed E-state index contributed by atoms with van der Waals surface area (Å²) in [4.78, 5) is 34.5. The second-order valence-electron chi connectivity index (χ2n) is 7.90. The monoisotopic (exact) mass is 486 g/mol. The van der Waals surface area contributed by atoms with Gasteiger partial charge in [-0.1, -0.05) is 12.1 Å². The molecule has 1 fully saturated rings. The van der Waals surface area contributed by atoms with E-state index in [0.717, 1.165) is 43.2 Å². The number of hydrazine groups is 1.